The van der Waals surface area contributed by atoms with Gasteiger partial charge in [0, 0.05) is 0 Å². The first-order valence-corrected chi connectivity index (χ1v) is 4.25. The third-order valence-corrected chi connectivity index (χ3v) is 2.57. The van der Waals surface area contributed by atoms with Gasteiger partial charge in [0.1, 0.15) is 0 Å². The average Bonchev–Trinajstić information content (AvgIpc) is 2.34. The zero-order valence-electron chi connectivity index (χ0n) is 6.97. The van der Waals surface area contributed by atoms with Crippen molar-refractivity contribution in [3.05, 3.63) is 23.8 Å². The predicted octanol–water partition coefficient (Wildman–Crippen LogP) is 2.44. The highest BCUT2D eigenvalue weighted by Crippen LogP contribution is 2.37. The lowest BCUT2D eigenvalue weighted by atomic mass is 9.94. The number of hydrogen-bond acceptors (Lipinski definition) is 1. The molecule has 1 nitrogen and oxygen atoms in total. The second-order valence-electron chi connectivity index (χ2n) is 3.60. The molecule has 1 atom stereocenters. The highest BCUT2D eigenvalue weighted by atomic mass is 16.5. The first kappa shape index (κ1) is 7.11. The van der Waals surface area contributed by atoms with Crippen LogP contribution in [-0.4, -0.2) is 12.2 Å². The van der Waals surface area contributed by atoms with Crippen LogP contribution in [0, 0.1) is 0 Å². The van der Waals surface area contributed by atoms with Gasteiger partial charge in [-0.3, -0.25) is 0 Å². The highest BCUT2D eigenvalue weighted by molar-refractivity contribution is 5.17. The van der Waals surface area contributed by atoms with E-state index in [1.807, 2.05) is 0 Å². The minimum absolute atomic E-state index is 0.166. The Bertz CT molecular complexity index is 215. The topological polar surface area (TPSA) is 9.23 Å². The monoisotopic (exact) mass is 150 g/mol. The number of rotatable bonds is 0. The molecule has 0 aromatic heterocycles. The molecule has 0 N–H and O–H groups in total. The van der Waals surface area contributed by atoms with E-state index in [0.29, 0.717) is 0 Å². The maximum Gasteiger partial charge on any atom is 0.0792 e. The minimum Gasteiger partial charge on any atom is -0.370 e. The summed E-state index contributed by atoms with van der Waals surface area (Å²) in [5.41, 5.74) is 1.65. The van der Waals surface area contributed by atoms with E-state index in [1.165, 1.54) is 5.57 Å². The molecule has 1 heterocycles. The van der Waals surface area contributed by atoms with Crippen LogP contribution in [0.15, 0.2) is 23.8 Å². The molecule has 0 aromatic carbocycles. The fourth-order valence-corrected chi connectivity index (χ4v) is 1.93. The van der Waals surface area contributed by atoms with E-state index in [4.69, 9.17) is 4.74 Å². The Morgan fingerprint density at radius 3 is 2.82 bits per heavy atom. The van der Waals surface area contributed by atoms with Crippen molar-refractivity contribution in [1.29, 1.82) is 0 Å². The van der Waals surface area contributed by atoms with E-state index in [9.17, 15) is 0 Å². The molecule has 0 saturated carbocycles. The summed E-state index contributed by atoms with van der Waals surface area (Å²) in [6.45, 7) is 3.00. The van der Waals surface area contributed by atoms with E-state index < -0.39 is 0 Å². The Morgan fingerprint density at radius 2 is 2.27 bits per heavy atom. The van der Waals surface area contributed by atoms with Crippen molar-refractivity contribution in [2.45, 2.75) is 31.8 Å². The van der Waals surface area contributed by atoms with E-state index in [0.717, 1.165) is 25.9 Å². The molecule has 0 radical (unpaired) electrons. The van der Waals surface area contributed by atoms with Crippen molar-refractivity contribution < 1.29 is 4.74 Å². The summed E-state index contributed by atoms with van der Waals surface area (Å²) < 4.78 is 5.76. The Labute approximate surface area is 67.7 Å². The van der Waals surface area contributed by atoms with Gasteiger partial charge in [0.05, 0.1) is 12.2 Å². The Morgan fingerprint density at radius 1 is 1.36 bits per heavy atom. The lowest BCUT2D eigenvalue weighted by Crippen LogP contribution is -2.31. The van der Waals surface area contributed by atoms with Crippen LogP contribution in [0.4, 0.5) is 0 Å². The van der Waals surface area contributed by atoms with Crippen LogP contribution >= 0.6 is 0 Å². The molecule has 1 aliphatic heterocycles. The molecular formula is C10H14O. The Balaban J connectivity index is 2.09. The van der Waals surface area contributed by atoms with Gasteiger partial charge in [0.25, 0.3) is 0 Å². The quantitative estimate of drug-likeness (QED) is 0.482. The molecule has 1 heteroatoms. The molecule has 1 aliphatic carbocycles. The Hall–Kier alpha value is -0.560. The smallest absolute Gasteiger partial charge is 0.0792 e. The van der Waals surface area contributed by atoms with E-state index in [2.05, 4.69) is 25.2 Å². The summed E-state index contributed by atoms with van der Waals surface area (Å²) in [5, 5.41) is 0. The largest absolute Gasteiger partial charge is 0.370 e. The third-order valence-electron chi connectivity index (χ3n) is 2.57. The van der Waals surface area contributed by atoms with Crippen LogP contribution in [0.25, 0.3) is 0 Å². The zero-order chi connectivity index (χ0) is 7.73. The standard InChI is InChI=1S/C10H14O/c1-9-4-6-10(8-9)5-2-3-7-11-10/h2-4H,5-8H2,1H3. The van der Waals surface area contributed by atoms with Gasteiger partial charge in [0.2, 0.25) is 0 Å². The van der Waals surface area contributed by atoms with Crippen molar-refractivity contribution >= 4 is 0 Å². The zero-order valence-corrected chi connectivity index (χ0v) is 6.97. The van der Waals surface area contributed by atoms with Gasteiger partial charge in [-0.05, 0) is 26.2 Å². The van der Waals surface area contributed by atoms with Gasteiger partial charge in [0.15, 0.2) is 0 Å². The van der Waals surface area contributed by atoms with E-state index >= 15 is 0 Å². The van der Waals surface area contributed by atoms with Gasteiger partial charge in [-0.15, -0.1) is 0 Å². The van der Waals surface area contributed by atoms with Crippen LogP contribution in [0.5, 0.6) is 0 Å². The lowest BCUT2D eigenvalue weighted by Gasteiger charge is -2.30. The molecule has 0 saturated heterocycles. The highest BCUT2D eigenvalue weighted by Gasteiger charge is 2.33. The van der Waals surface area contributed by atoms with Crippen LogP contribution in [-0.2, 0) is 4.74 Å². The van der Waals surface area contributed by atoms with Crippen molar-refractivity contribution in [1.82, 2.24) is 0 Å². The fraction of sp³-hybridized carbons (Fsp3) is 0.600. The summed E-state index contributed by atoms with van der Waals surface area (Å²) in [6.07, 6.45) is 10.0. The molecule has 1 spiro atoms. The Kier molecular flexibility index (Phi) is 1.61. The third kappa shape index (κ3) is 1.25. The molecule has 0 bridgehead atoms. The summed E-state index contributed by atoms with van der Waals surface area (Å²) in [7, 11) is 0. The maximum absolute atomic E-state index is 5.76. The summed E-state index contributed by atoms with van der Waals surface area (Å²) in [4.78, 5) is 0. The molecule has 60 valence electrons. The molecule has 2 rings (SSSR count). The van der Waals surface area contributed by atoms with Crippen LogP contribution in [0.3, 0.4) is 0 Å². The molecule has 1 unspecified atom stereocenters. The summed E-state index contributed by atoms with van der Waals surface area (Å²) in [5.74, 6) is 0. The van der Waals surface area contributed by atoms with Gasteiger partial charge in [-0.2, -0.15) is 0 Å². The van der Waals surface area contributed by atoms with E-state index in [-0.39, 0.29) is 5.60 Å². The van der Waals surface area contributed by atoms with Gasteiger partial charge in [-0.1, -0.05) is 23.8 Å². The normalized spacial score (nSPS) is 36.3. The van der Waals surface area contributed by atoms with E-state index in [1.54, 1.807) is 0 Å². The molecular weight excluding hydrogens is 136 g/mol. The van der Waals surface area contributed by atoms with Crippen LogP contribution in [0.2, 0.25) is 0 Å². The first-order valence-electron chi connectivity index (χ1n) is 4.25. The second kappa shape index (κ2) is 2.49. The van der Waals surface area contributed by atoms with Crippen molar-refractivity contribution in [3.63, 3.8) is 0 Å². The first-order chi connectivity index (χ1) is 5.31. The summed E-state index contributed by atoms with van der Waals surface area (Å²) >= 11 is 0. The number of hydrogen-bond donors (Lipinski definition) is 0. The van der Waals surface area contributed by atoms with Crippen molar-refractivity contribution in [2.24, 2.45) is 0 Å². The van der Waals surface area contributed by atoms with Gasteiger partial charge < -0.3 is 4.74 Å². The van der Waals surface area contributed by atoms with Gasteiger partial charge in [-0.25, -0.2) is 0 Å². The summed E-state index contributed by atoms with van der Waals surface area (Å²) in [6, 6.07) is 0. The van der Waals surface area contributed by atoms with Crippen LogP contribution in [0.1, 0.15) is 26.2 Å². The molecule has 2 aliphatic rings. The molecule has 11 heavy (non-hydrogen) atoms. The van der Waals surface area contributed by atoms with Crippen molar-refractivity contribution in [3.8, 4) is 0 Å². The second-order valence-corrected chi connectivity index (χ2v) is 3.60. The fourth-order valence-electron chi connectivity index (χ4n) is 1.93. The maximum atomic E-state index is 5.76. The average molecular weight is 150 g/mol. The van der Waals surface area contributed by atoms with Gasteiger partial charge >= 0.3 is 0 Å². The van der Waals surface area contributed by atoms with Crippen LogP contribution < -0.4 is 0 Å². The molecule has 0 fully saturated rings. The number of ether oxygens (including phenoxy) is 1. The van der Waals surface area contributed by atoms with Crippen molar-refractivity contribution in [2.75, 3.05) is 6.61 Å². The SMILES string of the molecule is CC1=CCC2(CC=CCO2)C1. The molecule has 0 aromatic rings. The lowest BCUT2D eigenvalue weighted by molar-refractivity contribution is -0.0272. The minimum atomic E-state index is 0.166. The predicted molar refractivity (Wildman–Crippen MR) is 45.4 cm³/mol. The molecule has 0 amide bonds.